The van der Waals surface area contributed by atoms with Crippen LogP contribution >= 0.6 is 0 Å². The van der Waals surface area contributed by atoms with Crippen molar-refractivity contribution in [2.45, 2.75) is 18.6 Å². The van der Waals surface area contributed by atoms with Crippen LogP contribution in [0.25, 0.3) is 0 Å². The van der Waals surface area contributed by atoms with Crippen LogP contribution in [0.2, 0.25) is 0 Å². The quantitative estimate of drug-likeness (QED) is 0.919. The van der Waals surface area contributed by atoms with Crippen molar-refractivity contribution in [3.05, 3.63) is 59.5 Å². The van der Waals surface area contributed by atoms with Gasteiger partial charge in [-0.3, -0.25) is 0 Å². The summed E-state index contributed by atoms with van der Waals surface area (Å²) in [7, 11) is 0. The minimum Gasteiger partial charge on any atom is -0.391 e. The number of hydrogen-bond donors (Lipinski definition) is 1. The molecule has 0 unspecified atom stereocenters. The first-order valence-electron chi connectivity index (χ1n) is 6.74. The monoisotopic (exact) mass is 283 g/mol. The fraction of sp³-hybridized carbons (Fsp3) is 0.250. The molecule has 0 bridgehead atoms. The molecule has 1 saturated heterocycles. The molecule has 2 aromatic rings. The Morgan fingerprint density at radius 1 is 1.33 bits per heavy atom. The number of aliphatic hydroxyl groups excluding tert-OH is 1. The van der Waals surface area contributed by atoms with Crippen molar-refractivity contribution in [1.29, 1.82) is 5.26 Å². The molecular weight excluding hydrogens is 269 g/mol. The Morgan fingerprint density at radius 2 is 2.19 bits per heavy atom. The van der Waals surface area contributed by atoms with Gasteiger partial charge in [-0.25, -0.2) is 9.37 Å². The SMILES string of the molecule is N#Cc1cccnc1N1C[C@@H](O)C[C@@H]1c1cccc(F)c1. The van der Waals surface area contributed by atoms with E-state index in [-0.39, 0.29) is 11.9 Å². The van der Waals surface area contributed by atoms with Crippen molar-refractivity contribution >= 4 is 5.82 Å². The van der Waals surface area contributed by atoms with Crippen molar-refractivity contribution in [2.75, 3.05) is 11.4 Å². The molecule has 1 aliphatic heterocycles. The highest BCUT2D eigenvalue weighted by Gasteiger charge is 2.34. The van der Waals surface area contributed by atoms with Crippen molar-refractivity contribution in [2.24, 2.45) is 0 Å². The maximum Gasteiger partial charge on any atom is 0.147 e. The molecule has 3 rings (SSSR count). The second-order valence-corrected chi connectivity index (χ2v) is 5.10. The number of anilines is 1. The highest BCUT2D eigenvalue weighted by molar-refractivity contribution is 5.56. The van der Waals surface area contributed by atoms with Crippen LogP contribution in [-0.4, -0.2) is 22.7 Å². The molecule has 21 heavy (non-hydrogen) atoms. The van der Waals surface area contributed by atoms with Crippen LogP contribution in [0, 0.1) is 17.1 Å². The first-order chi connectivity index (χ1) is 10.2. The Kier molecular flexibility index (Phi) is 3.55. The molecule has 1 fully saturated rings. The highest BCUT2D eigenvalue weighted by atomic mass is 19.1. The topological polar surface area (TPSA) is 60.2 Å². The summed E-state index contributed by atoms with van der Waals surface area (Å²) in [6.07, 6.45) is 1.58. The molecule has 1 aromatic heterocycles. The van der Waals surface area contributed by atoms with Gasteiger partial charge in [-0.05, 0) is 36.2 Å². The van der Waals surface area contributed by atoms with E-state index >= 15 is 0 Å². The largest absolute Gasteiger partial charge is 0.391 e. The van der Waals surface area contributed by atoms with E-state index in [4.69, 9.17) is 0 Å². The van der Waals surface area contributed by atoms with Crippen molar-refractivity contribution in [1.82, 2.24) is 4.98 Å². The van der Waals surface area contributed by atoms with Crippen molar-refractivity contribution < 1.29 is 9.50 Å². The van der Waals surface area contributed by atoms with Gasteiger partial charge in [-0.2, -0.15) is 5.26 Å². The van der Waals surface area contributed by atoms with E-state index in [9.17, 15) is 14.8 Å². The number of rotatable bonds is 2. The lowest BCUT2D eigenvalue weighted by molar-refractivity contribution is 0.194. The Balaban J connectivity index is 2.02. The number of β-amino-alcohol motifs (C(OH)–C–C–N with tert-alkyl or cyclic N) is 1. The Morgan fingerprint density at radius 3 is 2.95 bits per heavy atom. The van der Waals surface area contributed by atoms with Crippen LogP contribution in [0.4, 0.5) is 10.2 Å². The molecule has 1 aromatic carbocycles. The minimum absolute atomic E-state index is 0.183. The van der Waals surface area contributed by atoms with E-state index in [2.05, 4.69) is 11.1 Å². The van der Waals surface area contributed by atoms with Crippen molar-refractivity contribution in [3.63, 3.8) is 0 Å². The van der Waals surface area contributed by atoms with E-state index in [1.165, 1.54) is 12.1 Å². The molecule has 1 N–H and O–H groups in total. The van der Waals surface area contributed by atoms with Gasteiger partial charge in [-0.15, -0.1) is 0 Å². The number of benzene rings is 1. The normalized spacial score (nSPS) is 21.3. The van der Waals surface area contributed by atoms with Crippen LogP contribution in [0.1, 0.15) is 23.6 Å². The molecule has 5 heteroatoms. The predicted molar refractivity (Wildman–Crippen MR) is 76.1 cm³/mol. The van der Waals surface area contributed by atoms with Gasteiger partial charge in [-0.1, -0.05) is 12.1 Å². The number of pyridine rings is 1. The summed E-state index contributed by atoms with van der Waals surface area (Å²) in [6, 6.07) is 11.6. The molecule has 2 heterocycles. The first-order valence-corrected chi connectivity index (χ1v) is 6.74. The van der Waals surface area contributed by atoms with Gasteiger partial charge in [0.05, 0.1) is 17.7 Å². The van der Waals surface area contributed by atoms with Crippen LogP contribution in [0.3, 0.4) is 0 Å². The number of halogens is 1. The molecule has 106 valence electrons. The van der Waals surface area contributed by atoms with Gasteiger partial charge in [0.25, 0.3) is 0 Å². The van der Waals surface area contributed by atoms with Crippen molar-refractivity contribution in [3.8, 4) is 6.07 Å². The van der Waals surface area contributed by atoms with E-state index in [1.54, 1.807) is 24.4 Å². The standard InChI is InChI=1S/C16H14FN3O/c17-13-5-1-3-11(7-13)15-8-14(21)10-20(15)16-12(9-18)4-2-6-19-16/h1-7,14-15,21H,8,10H2/t14-,15+/m0/s1. The van der Waals surface area contributed by atoms with E-state index < -0.39 is 6.10 Å². The second-order valence-electron chi connectivity index (χ2n) is 5.10. The molecule has 0 radical (unpaired) electrons. The van der Waals surface area contributed by atoms with Gasteiger partial charge in [0, 0.05) is 12.7 Å². The molecular formula is C16H14FN3O. The predicted octanol–water partition coefficient (Wildman–Crippen LogP) is 2.40. The van der Waals surface area contributed by atoms with Gasteiger partial charge in [0.15, 0.2) is 0 Å². The molecule has 4 nitrogen and oxygen atoms in total. The van der Waals surface area contributed by atoms with Crippen LogP contribution < -0.4 is 4.90 Å². The third-order valence-electron chi connectivity index (χ3n) is 3.69. The van der Waals surface area contributed by atoms with Crippen LogP contribution in [0.15, 0.2) is 42.6 Å². The second kappa shape index (κ2) is 5.51. The summed E-state index contributed by atoms with van der Waals surface area (Å²) in [5.41, 5.74) is 1.23. The molecule has 0 spiro atoms. The first kappa shape index (κ1) is 13.5. The third kappa shape index (κ3) is 2.58. The van der Waals surface area contributed by atoms with E-state index in [0.717, 1.165) is 5.56 Å². The lowest BCUT2D eigenvalue weighted by Crippen LogP contribution is -2.26. The summed E-state index contributed by atoms with van der Waals surface area (Å²) < 4.78 is 13.4. The third-order valence-corrected chi connectivity index (χ3v) is 3.69. The smallest absolute Gasteiger partial charge is 0.147 e. The van der Waals surface area contributed by atoms with Crippen LogP contribution in [-0.2, 0) is 0 Å². The molecule has 0 aliphatic carbocycles. The minimum atomic E-state index is -0.521. The molecule has 1 aliphatic rings. The molecule has 0 amide bonds. The lowest BCUT2D eigenvalue weighted by Gasteiger charge is -2.26. The maximum absolute atomic E-state index is 13.4. The van der Waals surface area contributed by atoms with Gasteiger partial charge in [0.1, 0.15) is 17.7 Å². The number of nitrogens with zero attached hydrogens (tertiary/aromatic N) is 3. The van der Waals surface area contributed by atoms with E-state index in [1.807, 2.05) is 11.0 Å². The zero-order valence-electron chi connectivity index (χ0n) is 11.3. The Hall–Kier alpha value is -2.45. The maximum atomic E-state index is 13.4. The number of nitriles is 1. The lowest BCUT2D eigenvalue weighted by atomic mass is 10.0. The Bertz CT molecular complexity index is 698. The number of aromatic nitrogens is 1. The molecule has 0 saturated carbocycles. The summed E-state index contributed by atoms with van der Waals surface area (Å²) in [4.78, 5) is 6.14. The van der Waals surface area contributed by atoms with Crippen LogP contribution in [0.5, 0.6) is 0 Å². The van der Waals surface area contributed by atoms with Gasteiger partial charge < -0.3 is 10.0 Å². The fourth-order valence-corrected chi connectivity index (χ4v) is 2.79. The van der Waals surface area contributed by atoms with E-state index in [0.29, 0.717) is 24.3 Å². The summed E-state index contributed by atoms with van der Waals surface area (Å²) >= 11 is 0. The highest BCUT2D eigenvalue weighted by Crippen LogP contribution is 2.36. The number of aliphatic hydroxyl groups is 1. The summed E-state index contributed by atoms with van der Waals surface area (Å²) in [5, 5.41) is 19.2. The van der Waals surface area contributed by atoms with Gasteiger partial charge in [0.2, 0.25) is 0 Å². The zero-order chi connectivity index (χ0) is 14.8. The zero-order valence-corrected chi connectivity index (χ0v) is 11.3. The average molecular weight is 283 g/mol. The average Bonchev–Trinajstić information content (AvgIpc) is 2.89. The summed E-state index contributed by atoms with van der Waals surface area (Å²) in [6.45, 7) is 0.382. The summed E-state index contributed by atoms with van der Waals surface area (Å²) in [5.74, 6) is 0.223. The fourth-order valence-electron chi connectivity index (χ4n) is 2.79. The Labute approximate surface area is 122 Å². The number of hydrogen-bond acceptors (Lipinski definition) is 4. The van der Waals surface area contributed by atoms with Gasteiger partial charge >= 0.3 is 0 Å². The molecule has 2 atom stereocenters.